The monoisotopic (exact) mass is 396 g/mol. The number of rotatable bonds is 7. The number of carbonyl (C=O) groups excluding carboxylic acids is 2. The van der Waals surface area contributed by atoms with Crippen LogP contribution in [0.3, 0.4) is 0 Å². The second kappa shape index (κ2) is 9.52. The summed E-state index contributed by atoms with van der Waals surface area (Å²) in [6.45, 7) is 0.468. The lowest BCUT2D eigenvalue weighted by molar-refractivity contribution is -0.120. The van der Waals surface area contributed by atoms with Crippen molar-refractivity contribution < 1.29 is 14.3 Å². The van der Waals surface area contributed by atoms with Crippen LogP contribution in [0.2, 0.25) is 0 Å². The largest absolute Gasteiger partial charge is 0.495 e. The Hall–Kier alpha value is -3.39. The van der Waals surface area contributed by atoms with Crippen molar-refractivity contribution in [3.63, 3.8) is 0 Å². The van der Waals surface area contributed by atoms with Gasteiger partial charge in [0.05, 0.1) is 24.9 Å². The van der Waals surface area contributed by atoms with Crippen LogP contribution in [0.1, 0.15) is 11.3 Å². The van der Waals surface area contributed by atoms with Gasteiger partial charge in [-0.3, -0.25) is 10.1 Å². The molecule has 0 bridgehead atoms. The average molecular weight is 396 g/mol. The zero-order valence-electron chi connectivity index (χ0n) is 15.3. The maximum atomic E-state index is 12.2. The van der Waals surface area contributed by atoms with Crippen molar-refractivity contribution in [3.05, 3.63) is 71.2 Å². The van der Waals surface area contributed by atoms with Crippen LogP contribution in [0.25, 0.3) is 0 Å². The molecule has 144 valence electrons. The lowest BCUT2D eigenvalue weighted by Gasteiger charge is -2.09. The number of carbonyl (C=O) groups is 2. The fraction of sp³-hybridized carbons (Fsp3) is 0.150. The van der Waals surface area contributed by atoms with E-state index in [-0.39, 0.29) is 12.3 Å². The molecule has 0 saturated heterocycles. The van der Waals surface area contributed by atoms with Gasteiger partial charge in [0.25, 0.3) is 0 Å². The van der Waals surface area contributed by atoms with Gasteiger partial charge in [-0.2, -0.15) is 0 Å². The van der Waals surface area contributed by atoms with Gasteiger partial charge in [-0.15, -0.1) is 11.3 Å². The van der Waals surface area contributed by atoms with Crippen molar-refractivity contribution in [1.82, 2.24) is 10.3 Å². The summed E-state index contributed by atoms with van der Waals surface area (Å²) < 4.78 is 5.20. The molecule has 8 heteroatoms. The number of urea groups is 1. The first-order chi connectivity index (χ1) is 13.6. The molecule has 3 rings (SSSR count). The van der Waals surface area contributed by atoms with Gasteiger partial charge in [0, 0.05) is 11.9 Å². The third-order valence-electron chi connectivity index (χ3n) is 3.80. The fourth-order valence-electron chi connectivity index (χ4n) is 2.47. The van der Waals surface area contributed by atoms with Crippen LogP contribution < -0.4 is 20.7 Å². The highest BCUT2D eigenvalue weighted by atomic mass is 32.1. The summed E-state index contributed by atoms with van der Waals surface area (Å²) in [6.07, 6.45) is 0.152. The molecule has 0 aliphatic heterocycles. The van der Waals surface area contributed by atoms with E-state index in [0.717, 1.165) is 5.56 Å². The predicted molar refractivity (Wildman–Crippen MR) is 110 cm³/mol. The number of ether oxygens (including phenoxy) is 1. The third kappa shape index (κ3) is 5.55. The minimum atomic E-state index is -0.432. The van der Waals surface area contributed by atoms with Gasteiger partial charge >= 0.3 is 6.03 Å². The van der Waals surface area contributed by atoms with E-state index >= 15 is 0 Å². The van der Waals surface area contributed by atoms with E-state index in [2.05, 4.69) is 20.9 Å². The van der Waals surface area contributed by atoms with Crippen LogP contribution in [0, 0.1) is 0 Å². The number of hydrogen-bond donors (Lipinski definition) is 3. The minimum absolute atomic E-state index is 0.126. The molecule has 28 heavy (non-hydrogen) atoms. The molecule has 3 amide bonds. The smallest absolute Gasteiger partial charge is 0.325 e. The van der Waals surface area contributed by atoms with E-state index in [1.807, 2.05) is 36.4 Å². The maximum absolute atomic E-state index is 12.2. The van der Waals surface area contributed by atoms with Gasteiger partial charge in [0.15, 0.2) is 5.13 Å². The van der Waals surface area contributed by atoms with Crippen molar-refractivity contribution in [2.45, 2.75) is 13.0 Å². The lowest BCUT2D eigenvalue weighted by Crippen LogP contribution is -2.24. The number of anilines is 2. The number of thiazole rings is 1. The topological polar surface area (TPSA) is 92.3 Å². The van der Waals surface area contributed by atoms with Crippen LogP contribution in [-0.2, 0) is 17.8 Å². The molecule has 1 aromatic heterocycles. The lowest BCUT2D eigenvalue weighted by atomic mass is 10.2. The zero-order chi connectivity index (χ0) is 19.8. The molecule has 3 aromatic rings. The maximum Gasteiger partial charge on any atom is 0.325 e. The number of benzene rings is 2. The molecule has 0 spiro atoms. The number of nitrogens with one attached hydrogen (secondary N) is 3. The van der Waals surface area contributed by atoms with Crippen molar-refractivity contribution in [2.24, 2.45) is 0 Å². The standard InChI is InChI=1S/C20H20N4O3S/c1-27-17-10-6-5-9-16(17)23-19(26)24-20-22-15(13-28-20)11-18(25)21-12-14-7-3-2-4-8-14/h2-10,13H,11-12H2,1H3,(H,21,25)(H2,22,23,24,26). The van der Waals surface area contributed by atoms with Crippen molar-refractivity contribution in [3.8, 4) is 5.75 Å². The molecule has 0 radical (unpaired) electrons. The molecule has 0 aliphatic rings. The molecule has 3 N–H and O–H groups in total. The highest BCUT2D eigenvalue weighted by Gasteiger charge is 2.11. The summed E-state index contributed by atoms with van der Waals surface area (Å²) in [5, 5.41) is 10.4. The van der Waals surface area contributed by atoms with Crippen LogP contribution in [0.5, 0.6) is 5.75 Å². The highest BCUT2D eigenvalue weighted by Crippen LogP contribution is 2.23. The highest BCUT2D eigenvalue weighted by molar-refractivity contribution is 7.14. The van der Waals surface area contributed by atoms with Gasteiger partial charge in [-0.05, 0) is 17.7 Å². The molecule has 1 heterocycles. The average Bonchev–Trinajstić information content (AvgIpc) is 3.14. The van der Waals surface area contributed by atoms with Crippen molar-refractivity contribution in [2.75, 3.05) is 17.7 Å². The Morgan fingerprint density at radius 3 is 2.57 bits per heavy atom. The Morgan fingerprint density at radius 1 is 1.04 bits per heavy atom. The Morgan fingerprint density at radius 2 is 1.79 bits per heavy atom. The molecular formula is C20H20N4O3S. The number of nitrogens with zero attached hydrogens (tertiary/aromatic N) is 1. The first-order valence-electron chi connectivity index (χ1n) is 8.60. The normalized spacial score (nSPS) is 10.2. The number of hydrogen-bond acceptors (Lipinski definition) is 5. The quantitative estimate of drug-likeness (QED) is 0.568. The third-order valence-corrected chi connectivity index (χ3v) is 4.61. The van der Waals surface area contributed by atoms with Gasteiger partial charge in [-0.1, -0.05) is 42.5 Å². The summed E-state index contributed by atoms with van der Waals surface area (Å²) >= 11 is 1.26. The number of methoxy groups -OCH3 is 1. The fourth-order valence-corrected chi connectivity index (χ4v) is 3.17. The van der Waals surface area contributed by atoms with E-state index in [9.17, 15) is 9.59 Å². The molecule has 0 fully saturated rings. The first kappa shape index (κ1) is 19.4. The second-order valence-electron chi connectivity index (χ2n) is 5.86. The predicted octanol–water partition coefficient (Wildman–Crippen LogP) is 3.65. The molecule has 0 unspecified atom stereocenters. The molecular weight excluding hydrogens is 376 g/mol. The molecule has 2 aromatic carbocycles. The Labute approximate surface area is 166 Å². The van der Waals surface area contributed by atoms with Crippen molar-refractivity contribution >= 4 is 34.1 Å². The van der Waals surface area contributed by atoms with Gasteiger partial charge in [0.1, 0.15) is 5.75 Å². The van der Waals surface area contributed by atoms with E-state index in [1.165, 1.54) is 18.4 Å². The van der Waals surface area contributed by atoms with E-state index in [0.29, 0.717) is 28.8 Å². The number of aromatic nitrogens is 1. The zero-order valence-corrected chi connectivity index (χ0v) is 16.1. The van der Waals surface area contributed by atoms with E-state index in [1.54, 1.807) is 23.6 Å². The molecule has 0 aliphatic carbocycles. The van der Waals surface area contributed by atoms with Crippen LogP contribution in [0.15, 0.2) is 60.0 Å². The summed E-state index contributed by atoms with van der Waals surface area (Å²) in [5.41, 5.74) is 2.19. The van der Waals surface area contributed by atoms with Crippen LogP contribution in [-0.4, -0.2) is 24.0 Å². The number of amides is 3. The summed E-state index contributed by atoms with van der Waals surface area (Å²) in [6, 6.07) is 16.4. The minimum Gasteiger partial charge on any atom is -0.495 e. The summed E-state index contributed by atoms with van der Waals surface area (Å²) in [4.78, 5) is 28.5. The second-order valence-corrected chi connectivity index (χ2v) is 6.72. The molecule has 0 atom stereocenters. The molecule has 7 nitrogen and oxygen atoms in total. The van der Waals surface area contributed by atoms with E-state index in [4.69, 9.17) is 4.74 Å². The Kier molecular flexibility index (Phi) is 6.59. The van der Waals surface area contributed by atoms with Gasteiger partial charge < -0.3 is 15.4 Å². The summed E-state index contributed by atoms with van der Waals surface area (Å²) in [5.74, 6) is 0.437. The van der Waals surface area contributed by atoms with Gasteiger partial charge in [-0.25, -0.2) is 9.78 Å². The Bertz CT molecular complexity index is 943. The van der Waals surface area contributed by atoms with Gasteiger partial charge in [0.2, 0.25) is 5.91 Å². The molecule has 0 saturated carbocycles. The SMILES string of the molecule is COc1ccccc1NC(=O)Nc1nc(CC(=O)NCc2ccccc2)cs1. The van der Waals surface area contributed by atoms with Crippen LogP contribution in [0.4, 0.5) is 15.6 Å². The van der Waals surface area contributed by atoms with Crippen molar-refractivity contribution in [1.29, 1.82) is 0 Å². The van der Waals surface area contributed by atoms with E-state index < -0.39 is 6.03 Å². The Balaban J connectivity index is 1.49. The van der Waals surface area contributed by atoms with Crippen LogP contribution >= 0.6 is 11.3 Å². The number of para-hydroxylation sites is 2. The summed E-state index contributed by atoms with van der Waals surface area (Å²) in [7, 11) is 1.54. The first-order valence-corrected chi connectivity index (χ1v) is 9.48.